The summed E-state index contributed by atoms with van der Waals surface area (Å²) in [7, 11) is 0. The van der Waals surface area contributed by atoms with E-state index in [-0.39, 0.29) is 6.04 Å². The van der Waals surface area contributed by atoms with Gasteiger partial charge in [-0.3, -0.25) is 15.0 Å². The molecule has 1 fully saturated rings. The number of aliphatic carboxylic acids is 1. The summed E-state index contributed by atoms with van der Waals surface area (Å²) < 4.78 is 0. The Bertz CT molecular complexity index is 473. The van der Waals surface area contributed by atoms with Crippen molar-refractivity contribution in [3.05, 3.63) is 35.9 Å². The van der Waals surface area contributed by atoms with Gasteiger partial charge in [-0.2, -0.15) is 0 Å². The zero-order valence-corrected chi connectivity index (χ0v) is 11.5. The molecular formula is C16H20N2O2. The number of hydrogen-bond acceptors (Lipinski definition) is 3. The lowest BCUT2D eigenvalue weighted by Crippen LogP contribution is -2.45. The molecule has 1 heterocycles. The van der Waals surface area contributed by atoms with E-state index in [4.69, 9.17) is 6.42 Å². The zero-order valence-electron chi connectivity index (χ0n) is 11.5. The molecule has 0 amide bonds. The number of terminal acetylenes is 1. The van der Waals surface area contributed by atoms with Crippen LogP contribution in [0.5, 0.6) is 0 Å². The van der Waals surface area contributed by atoms with Gasteiger partial charge in [0.1, 0.15) is 6.04 Å². The molecule has 4 heteroatoms. The van der Waals surface area contributed by atoms with Crippen molar-refractivity contribution in [1.82, 2.24) is 10.2 Å². The van der Waals surface area contributed by atoms with Crippen molar-refractivity contribution in [2.24, 2.45) is 0 Å². The molecule has 0 saturated carbocycles. The van der Waals surface area contributed by atoms with E-state index in [1.165, 1.54) is 0 Å². The van der Waals surface area contributed by atoms with Gasteiger partial charge in [0.2, 0.25) is 0 Å². The summed E-state index contributed by atoms with van der Waals surface area (Å²) in [6.45, 7) is 2.51. The van der Waals surface area contributed by atoms with Crippen LogP contribution in [0, 0.1) is 12.3 Å². The van der Waals surface area contributed by atoms with Crippen LogP contribution in [0.1, 0.15) is 24.4 Å². The van der Waals surface area contributed by atoms with Crippen molar-refractivity contribution < 1.29 is 9.90 Å². The molecule has 20 heavy (non-hydrogen) atoms. The van der Waals surface area contributed by atoms with E-state index in [9.17, 15) is 9.90 Å². The third kappa shape index (κ3) is 3.83. The topological polar surface area (TPSA) is 52.6 Å². The van der Waals surface area contributed by atoms with E-state index in [0.29, 0.717) is 6.54 Å². The third-order valence-electron chi connectivity index (χ3n) is 3.68. The van der Waals surface area contributed by atoms with Gasteiger partial charge in [0, 0.05) is 19.1 Å². The van der Waals surface area contributed by atoms with Crippen LogP contribution in [0.3, 0.4) is 0 Å². The van der Waals surface area contributed by atoms with Gasteiger partial charge in [-0.25, -0.2) is 0 Å². The quantitative estimate of drug-likeness (QED) is 0.798. The smallest absolute Gasteiger partial charge is 0.325 e. The molecule has 4 nitrogen and oxygen atoms in total. The van der Waals surface area contributed by atoms with Crippen LogP contribution in [0.4, 0.5) is 0 Å². The number of carboxylic acid groups (broad SMARTS) is 1. The molecule has 0 aliphatic carbocycles. The molecule has 1 aliphatic rings. The lowest BCUT2D eigenvalue weighted by molar-refractivity contribution is -0.140. The average molecular weight is 272 g/mol. The summed E-state index contributed by atoms with van der Waals surface area (Å²) in [4.78, 5) is 13.7. The van der Waals surface area contributed by atoms with Crippen molar-refractivity contribution in [3.8, 4) is 12.3 Å². The first-order chi connectivity index (χ1) is 9.70. The fraction of sp³-hybridized carbons (Fsp3) is 0.438. The van der Waals surface area contributed by atoms with Gasteiger partial charge < -0.3 is 5.11 Å². The van der Waals surface area contributed by atoms with Crippen molar-refractivity contribution in [2.75, 3.05) is 19.6 Å². The SMILES string of the molecule is C#CCN1CCC(NC(C(=O)O)c2ccccc2)CC1. The monoisotopic (exact) mass is 272 g/mol. The number of piperidine rings is 1. The summed E-state index contributed by atoms with van der Waals surface area (Å²) in [5, 5.41) is 12.7. The molecule has 0 bridgehead atoms. The van der Waals surface area contributed by atoms with Gasteiger partial charge in [-0.05, 0) is 18.4 Å². The first-order valence-corrected chi connectivity index (χ1v) is 6.90. The lowest BCUT2D eigenvalue weighted by atomic mass is 10.0. The maximum atomic E-state index is 11.4. The highest BCUT2D eigenvalue weighted by molar-refractivity contribution is 5.75. The van der Waals surface area contributed by atoms with Gasteiger partial charge in [0.05, 0.1) is 6.54 Å². The molecule has 1 atom stereocenters. The number of rotatable bonds is 5. The number of benzene rings is 1. The second-order valence-electron chi connectivity index (χ2n) is 5.10. The molecule has 1 aromatic rings. The minimum atomic E-state index is -0.831. The summed E-state index contributed by atoms with van der Waals surface area (Å²) in [5.74, 6) is 1.82. The molecule has 1 unspecified atom stereocenters. The Balaban J connectivity index is 1.94. The molecular weight excluding hydrogens is 252 g/mol. The Morgan fingerprint density at radius 2 is 2.05 bits per heavy atom. The summed E-state index contributed by atoms with van der Waals surface area (Å²) >= 11 is 0. The van der Waals surface area contributed by atoms with Gasteiger partial charge >= 0.3 is 5.97 Å². The molecule has 0 radical (unpaired) electrons. The first kappa shape index (κ1) is 14.6. The fourth-order valence-corrected chi connectivity index (χ4v) is 2.58. The molecule has 2 N–H and O–H groups in total. The maximum absolute atomic E-state index is 11.4. The normalized spacial score (nSPS) is 18.4. The van der Waals surface area contributed by atoms with Crippen LogP contribution in [0.15, 0.2) is 30.3 Å². The molecule has 1 saturated heterocycles. The highest BCUT2D eigenvalue weighted by Crippen LogP contribution is 2.18. The summed E-state index contributed by atoms with van der Waals surface area (Å²) in [6, 6.07) is 8.90. The standard InChI is InChI=1S/C16H20N2O2/c1-2-10-18-11-8-14(9-12-18)17-15(16(19)20)13-6-4-3-5-7-13/h1,3-7,14-15,17H,8-12H2,(H,19,20). The van der Waals surface area contributed by atoms with Crippen LogP contribution < -0.4 is 5.32 Å². The third-order valence-corrected chi connectivity index (χ3v) is 3.68. The van der Waals surface area contributed by atoms with E-state index >= 15 is 0 Å². The van der Waals surface area contributed by atoms with Crippen molar-refractivity contribution in [3.63, 3.8) is 0 Å². The van der Waals surface area contributed by atoms with E-state index in [1.54, 1.807) is 0 Å². The molecule has 2 rings (SSSR count). The Morgan fingerprint density at radius 3 is 2.60 bits per heavy atom. The average Bonchev–Trinajstić information content (AvgIpc) is 2.47. The minimum Gasteiger partial charge on any atom is -0.480 e. The number of nitrogens with one attached hydrogen (secondary N) is 1. The first-order valence-electron chi connectivity index (χ1n) is 6.90. The minimum absolute atomic E-state index is 0.227. The second-order valence-corrected chi connectivity index (χ2v) is 5.10. The lowest BCUT2D eigenvalue weighted by Gasteiger charge is -2.32. The van der Waals surface area contributed by atoms with E-state index < -0.39 is 12.0 Å². The van der Waals surface area contributed by atoms with Crippen molar-refractivity contribution in [2.45, 2.75) is 24.9 Å². The van der Waals surface area contributed by atoms with E-state index in [1.807, 2.05) is 30.3 Å². The molecule has 1 aliphatic heterocycles. The van der Waals surface area contributed by atoms with Gasteiger partial charge in [0.25, 0.3) is 0 Å². The Morgan fingerprint density at radius 1 is 1.40 bits per heavy atom. The largest absolute Gasteiger partial charge is 0.480 e. The molecule has 0 aromatic heterocycles. The number of likely N-dealkylation sites (tertiary alicyclic amines) is 1. The van der Waals surface area contributed by atoms with Crippen LogP contribution in [0.2, 0.25) is 0 Å². The summed E-state index contributed by atoms with van der Waals surface area (Å²) in [5.41, 5.74) is 0.797. The Labute approximate surface area is 119 Å². The highest BCUT2D eigenvalue weighted by Gasteiger charge is 2.25. The predicted octanol–water partition coefficient (Wildman–Crippen LogP) is 1.50. The van der Waals surface area contributed by atoms with Crippen molar-refractivity contribution >= 4 is 5.97 Å². The Kier molecular flexibility index (Phi) is 5.16. The van der Waals surface area contributed by atoms with Gasteiger partial charge in [-0.1, -0.05) is 36.3 Å². The van der Waals surface area contributed by atoms with Crippen LogP contribution in [-0.2, 0) is 4.79 Å². The van der Waals surface area contributed by atoms with Crippen LogP contribution in [0.25, 0.3) is 0 Å². The highest BCUT2D eigenvalue weighted by atomic mass is 16.4. The molecule has 0 spiro atoms. The van der Waals surface area contributed by atoms with Gasteiger partial charge in [0.15, 0.2) is 0 Å². The molecule has 1 aromatic carbocycles. The predicted molar refractivity (Wildman–Crippen MR) is 78.2 cm³/mol. The van der Waals surface area contributed by atoms with Gasteiger partial charge in [-0.15, -0.1) is 6.42 Å². The van der Waals surface area contributed by atoms with Crippen molar-refractivity contribution in [1.29, 1.82) is 0 Å². The summed E-state index contributed by atoms with van der Waals surface area (Å²) in [6.07, 6.45) is 7.16. The second kappa shape index (κ2) is 7.09. The zero-order chi connectivity index (χ0) is 14.4. The number of carboxylic acids is 1. The van der Waals surface area contributed by atoms with Crippen LogP contribution >= 0.6 is 0 Å². The Hall–Kier alpha value is -1.83. The number of carbonyl (C=O) groups is 1. The fourth-order valence-electron chi connectivity index (χ4n) is 2.58. The maximum Gasteiger partial charge on any atom is 0.325 e. The van der Waals surface area contributed by atoms with Crippen LogP contribution in [-0.4, -0.2) is 41.7 Å². The van der Waals surface area contributed by atoms with E-state index in [0.717, 1.165) is 31.5 Å². The number of hydrogen-bond donors (Lipinski definition) is 2. The van der Waals surface area contributed by atoms with E-state index in [2.05, 4.69) is 16.1 Å². The molecule has 106 valence electrons. The number of nitrogens with zero attached hydrogens (tertiary/aromatic N) is 1.